The Bertz CT molecular complexity index is 454. The standard InChI is InChI=1S/C12H13NO4/c1-9(14)13(17-2)11-6-4-3-5-10(11)7-8-12(15)16/h3-8H,1-2H3,(H,15,16)/b8-7+. The maximum Gasteiger partial charge on any atom is 0.328 e. The van der Waals surface area contributed by atoms with E-state index in [1.54, 1.807) is 24.3 Å². The number of carbonyl (C=O) groups excluding carboxylic acids is 1. The number of amides is 1. The van der Waals surface area contributed by atoms with Crippen LogP contribution in [0.5, 0.6) is 0 Å². The maximum atomic E-state index is 11.3. The van der Waals surface area contributed by atoms with E-state index in [9.17, 15) is 9.59 Å². The molecule has 1 aromatic carbocycles. The van der Waals surface area contributed by atoms with Crippen LogP contribution in [0.25, 0.3) is 6.08 Å². The van der Waals surface area contributed by atoms with E-state index in [-0.39, 0.29) is 5.91 Å². The summed E-state index contributed by atoms with van der Waals surface area (Å²) >= 11 is 0. The first-order chi connectivity index (χ1) is 8.06. The maximum absolute atomic E-state index is 11.3. The van der Waals surface area contributed by atoms with E-state index in [1.807, 2.05) is 0 Å². The van der Waals surface area contributed by atoms with Crippen molar-refractivity contribution >= 4 is 23.6 Å². The number of carbonyl (C=O) groups is 2. The van der Waals surface area contributed by atoms with Crippen molar-refractivity contribution in [3.8, 4) is 0 Å². The van der Waals surface area contributed by atoms with E-state index in [2.05, 4.69) is 0 Å². The molecule has 0 radical (unpaired) electrons. The topological polar surface area (TPSA) is 66.8 Å². The molecule has 5 nitrogen and oxygen atoms in total. The largest absolute Gasteiger partial charge is 0.478 e. The van der Waals surface area contributed by atoms with Crippen LogP contribution in [0.2, 0.25) is 0 Å². The van der Waals surface area contributed by atoms with Crippen molar-refractivity contribution in [2.75, 3.05) is 12.2 Å². The molecule has 1 aromatic rings. The van der Waals surface area contributed by atoms with Gasteiger partial charge in [-0.3, -0.25) is 9.63 Å². The predicted octanol–water partition coefficient (Wildman–Crippen LogP) is 1.70. The van der Waals surface area contributed by atoms with Crippen LogP contribution in [-0.4, -0.2) is 24.1 Å². The number of carboxylic acid groups (broad SMARTS) is 1. The number of anilines is 1. The number of hydrogen-bond donors (Lipinski definition) is 1. The molecule has 0 aromatic heterocycles. The summed E-state index contributed by atoms with van der Waals surface area (Å²) < 4.78 is 0. The summed E-state index contributed by atoms with van der Waals surface area (Å²) in [5, 5.41) is 9.67. The second-order valence-corrected chi connectivity index (χ2v) is 3.23. The molecule has 0 heterocycles. The van der Waals surface area contributed by atoms with Gasteiger partial charge in [-0.1, -0.05) is 18.2 Å². The Balaban J connectivity index is 3.14. The van der Waals surface area contributed by atoms with Crippen LogP contribution < -0.4 is 5.06 Å². The lowest BCUT2D eigenvalue weighted by molar-refractivity contribution is -0.131. The summed E-state index contributed by atoms with van der Waals surface area (Å²) in [6.07, 6.45) is 2.42. The highest BCUT2D eigenvalue weighted by molar-refractivity contribution is 5.93. The second kappa shape index (κ2) is 5.81. The number of hydrogen-bond acceptors (Lipinski definition) is 3. The summed E-state index contributed by atoms with van der Waals surface area (Å²) in [4.78, 5) is 26.7. The minimum absolute atomic E-state index is 0.288. The van der Waals surface area contributed by atoms with Gasteiger partial charge in [0.25, 0.3) is 0 Å². The highest BCUT2D eigenvalue weighted by Gasteiger charge is 2.13. The van der Waals surface area contributed by atoms with Crippen LogP contribution in [-0.2, 0) is 14.4 Å². The lowest BCUT2D eigenvalue weighted by Crippen LogP contribution is -2.27. The SMILES string of the molecule is CON(C(C)=O)c1ccccc1/C=C/C(=O)O. The van der Waals surface area contributed by atoms with E-state index in [4.69, 9.17) is 9.94 Å². The molecular weight excluding hydrogens is 222 g/mol. The Hall–Kier alpha value is -2.14. The molecule has 0 fully saturated rings. The molecule has 0 aliphatic rings. The van der Waals surface area contributed by atoms with Crippen LogP contribution >= 0.6 is 0 Å². The summed E-state index contributed by atoms with van der Waals surface area (Å²) in [5.74, 6) is -1.34. The summed E-state index contributed by atoms with van der Waals surface area (Å²) in [7, 11) is 1.37. The zero-order chi connectivity index (χ0) is 12.8. The van der Waals surface area contributed by atoms with Crippen molar-refractivity contribution in [2.24, 2.45) is 0 Å². The van der Waals surface area contributed by atoms with Crippen LogP contribution in [0.1, 0.15) is 12.5 Å². The minimum atomic E-state index is -1.05. The highest BCUT2D eigenvalue weighted by atomic mass is 16.7. The van der Waals surface area contributed by atoms with Crippen LogP contribution in [0, 0.1) is 0 Å². The lowest BCUT2D eigenvalue weighted by atomic mass is 10.1. The van der Waals surface area contributed by atoms with Gasteiger partial charge in [0.15, 0.2) is 0 Å². The van der Waals surface area contributed by atoms with Gasteiger partial charge in [-0.25, -0.2) is 4.79 Å². The van der Waals surface area contributed by atoms with Gasteiger partial charge in [-0.05, 0) is 12.1 Å². The average molecular weight is 235 g/mol. The number of para-hydroxylation sites is 1. The Morgan fingerprint density at radius 1 is 1.35 bits per heavy atom. The zero-order valence-corrected chi connectivity index (χ0v) is 9.58. The van der Waals surface area contributed by atoms with Gasteiger partial charge in [-0.15, -0.1) is 0 Å². The van der Waals surface area contributed by atoms with E-state index in [1.165, 1.54) is 20.1 Å². The number of hydroxylamine groups is 1. The minimum Gasteiger partial charge on any atom is -0.478 e. The van der Waals surface area contributed by atoms with Crippen molar-refractivity contribution in [1.82, 2.24) is 0 Å². The van der Waals surface area contributed by atoms with Gasteiger partial charge in [-0.2, -0.15) is 5.06 Å². The van der Waals surface area contributed by atoms with Crippen molar-refractivity contribution in [2.45, 2.75) is 6.92 Å². The first kappa shape index (κ1) is 12.9. The fourth-order valence-electron chi connectivity index (χ4n) is 1.37. The Morgan fingerprint density at radius 3 is 2.53 bits per heavy atom. The lowest BCUT2D eigenvalue weighted by Gasteiger charge is -2.19. The molecular formula is C12H13NO4. The number of aliphatic carboxylic acids is 1. The summed E-state index contributed by atoms with van der Waals surface area (Å²) in [5.41, 5.74) is 1.09. The molecule has 1 rings (SSSR count). The van der Waals surface area contributed by atoms with Gasteiger partial charge in [0.05, 0.1) is 12.8 Å². The van der Waals surface area contributed by atoms with Crippen LogP contribution in [0.3, 0.4) is 0 Å². The third-order valence-corrected chi connectivity index (χ3v) is 2.03. The molecule has 0 unspecified atom stereocenters. The molecule has 0 saturated heterocycles. The zero-order valence-electron chi connectivity index (χ0n) is 9.58. The molecule has 0 aliphatic carbocycles. The van der Waals surface area contributed by atoms with E-state index in [0.717, 1.165) is 11.1 Å². The Labute approximate surface area is 98.9 Å². The molecule has 1 N–H and O–H groups in total. The predicted molar refractivity (Wildman–Crippen MR) is 63.3 cm³/mol. The Kier molecular flexibility index (Phi) is 4.42. The smallest absolute Gasteiger partial charge is 0.328 e. The molecule has 5 heteroatoms. The van der Waals surface area contributed by atoms with Crippen molar-refractivity contribution in [3.63, 3.8) is 0 Å². The second-order valence-electron chi connectivity index (χ2n) is 3.23. The van der Waals surface area contributed by atoms with E-state index < -0.39 is 5.97 Å². The fourth-order valence-corrected chi connectivity index (χ4v) is 1.37. The number of rotatable bonds is 4. The molecule has 17 heavy (non-hydrogen) atoms. The van der Waals surface area contributed by atoms with Gasteiger partial charge in [0, 0.05) is 18.6 Å². The third kappa shape index (κ3) is 3.42. The van der Waals surface area contributed by atoms with Crippen molar-refractivity contribution in [3.05, 3.63) is 35.9 Å². The molecule has 1 amide bonds. The number of benzene rings is 1. The van der Waals surface area contributed by atoms with E-state index >= 15 is 0 Å². The van der Waals surface area contributed by atoms with Crippen LogP contribution in [0.15, 0.2) is 30.3 Å². The quantitative estimate of drug-likeness (QED) is 0.637. The summed E-state index contributed by atoms with van der Waals surface area (Å²) in [6.45, 7) is 1.36. The fraction of sp³-hybridized carbons (Fsp3) is 0.167. The Morgan fingerprint density at radius 2 is 2.00 bits per heavy atom. The number of carboxylic acids is 1. The monoisotopic (exact) mass is 235 g/mol. The molecule has 90 valence electrons. The highest BCUT2D eigenvalue weighted by Crippen LogP contribution is 2.21. The molecule has 0 spiro atoms. The average Bonchev–Trinajstić information content (AvgIpc) is 2.28. The molecule has 0 atom stereocenters. The number of nitrogens with zero attached hydrogens (tertiary/aromatic N) is 1. The third-order valence-electron chi connectivity index (χ3n) is 2.03. The van der Waals surface area contributed by atoms with Gasteiger partial charge < -0.3 is 5.11 Å². The first-order valence-corrected chi connectivity index (χ1v) is 4.91. The summed E-state index contributed by atoms with van der Waals surface area (Å²) in [6, 6.07) is 6.86. The normalized spacial score (nSPS) is 10.5. The molecule has 0 bridgehead atoms. The van der Waals surface area contributed by atoms with Gasteiger partial charge in [0.1, 0.15) is 0 Å². The van der Waals surface area contributed by atoms with E-state index in [0.29, 0.717) is 11.3 Å². The molecule has 0 aliphatic heterocycles. The van der Waals surface area contributed by atoms with Crippen molar-refractivity contribution in [1.29, 1.82) is 0 Å². The molecule has 0 saturated carbocycles. The van der Waals surface area contributed by atoms with Gasteiger partial charge >= 0.3 is 5.97 Å². The first-order valence-electron chi connectivity index (χ1n) is 4.91. The van der Waals surface area contributed by atoms with Crippen LogP contribution in [0.4, 0.5) is 5.69 Å². The van der Waals surface area contributed by atoms with Crippen molar-refractivity contribution < 1.29 is 19.5 Å². The van der Waals surface area contributed by atoms with Gasteiger partial charge in [0.2, 0.25) is 5.91 Å².